The molecule has 42 heavy (non-hydrogen) atoms. The quantitative estimate of drug-likeness (QED) is 0.142. The molecule has 0 radical (unpaired) electrons. The molecule has 228 valence electrons. The highest BCUT2D eigenvalue weighted by atomic mass is 16.5. The van der Waals surface area contributed by atoms with E-state index in [1.807, 2.05) is 12.1 Å². The number of rotatable bonds is 13. The first-order chi connectivity index (χ1) is 20.3. The zero-order valence-corrected chi connectivity index (χ0v) is 26.2. The SMILES string of the molecule is CC(=O)Oc1cccc(C23CCN(CC4CC4)CC2CCC(N(CC(C)C)C(=O)CCCCCc2ccccc2)C3)c1. The number of esters is 1. The van der Waals surface area contributed by atoms with Crippen LogP contribution in [0.2, 0.25) is 0 Å². The van der Waals surface area contributed by atoms with Gasteiger partial charge in [-0.2, -0.15) is 0 Å². The van der Waals surface area contributed by atoms with Crippen LogP contribution in [0.3, 0.4) is 0 Å². The van der Waals surface area contributed by atoms with Crippen LogP contribution in [-0.2, 0) is 21.4 Å². The van der Waals surface area contributed by atoms with Crippen LogP contribution in [0.4, 0.5) is 0 Å². The molecule has 3 atom stereocenters. The minimum Gasteiger partial charge on any atom is -0.427 e. The van der Waals surface area contributed by atoms with Crippen molar-refractivity contribution in [3.05, 3.63) is 65.7 Å². The van der Waals surface area contributed by atoms with Gasteiger partial charge in [-0.05, 0) is 105 Å². The summed E-state index contributed by atoms with van der Waals surface area (Å²) in [6, 6.07) is 19.2. The van der Waals surface area contributed by atoms with Gasteiger partial charge in [-0.3, -0.25) is 9.59 Å². The molecule has 5 rings (SSSR count). The second-order valence-electron chi connectivity index (χ2n) is 13.8. The molecule has 2 aromatic carbocycles. The molecule has 3 aliphatic rings. The molecule has 5 nitrogen and oxygen atoms in total. The number of nitrogens with zero attached hydrogens (tertiary/aromatic N) is 2. The van der Waals surface area contributed by atoms with Gasteiger partial charge in [0.25, 0.3) is 0 Å². The molecule has 1 saturated heterocycles. The molecule has 0 aromatic heterocycles. The van der Waals surface area contributed by atoms with Crippen LogP contribution in [0.5, 0.6) is 5.75 Å². The number of piperidine rings is 1. The normalized spacial score (nSPS) is 24.3. The average Bonchev–Trinajstić information content (AvgIpc) is 3.80. The van der Waals surface area contributed by atoms with Crippen LogP contribution in [0.1, 0.15) is 96.1 Å². The van der Waals surface area contributed by atoms with Crippen LogP contribution < -0.4 is 4.74 Å². The zero-order chi connectivity index (χ0) is 29.5. The van der Waals surface area contributed by atoms with E-state index < -0.39 is 0 Å². The fourth-order valence-corrected chi connectivity index (χ4v) is 7.74. The minimum atomic E-state index is -0.278. The number of benzene rings is 2. The van der Waals surface area contributed by atoms with Gasteiger partial charge in [0.05, 0.1) is 0 Å². The van der Waals surface area contributed by atoms with Crippen LogP contribution >= 0.6 is 0 Å². The van der Waals surface area contributed by atoms with Crippen molar-refractivity contribution in [1.82, 2.24) is 9.80 Å². The molecule has 2 saturated carbocycles. The molecule has 5 heteroatoms. The number of fused-ring (bicyclic) bond motifs is 1. The monoisotopic (exact) mass is 572 g/mol. The average molecular weight is 573 g/mol. The number of ether oxygens (including phenoxy) is 1. The Labute approximate surface area is 254 Å². The van der Waals surface area contributed by atoms with E-state index >= 15 is 0 Å². The fourth-order valence-electron chi connectivity index (χ4n) is 7.74. The maximum Gasteiger partial charge on any atom is 0.308 e. The Kier molecular flexibility index (Phi) is 10.4. The van der Waals surface area contributed by atoms with Gasteiger partial charge in [-0.25, -0.2) is 0 Å². The Morgan fingerprint density at radius 3 is 2.55 bits per heavy atom. The second-order valence-corrected chi connectivity index (χ2v) is 13.8. The number of hydrogen-bond acceptors (Lipinski definition) is 4. The maximum atomic E-state index is 13.8. The summed E-state index contributed by atoms with van der Waals surface area (Å²) in [5, 5.41) is 0. The second kappa shape index (κ2) is 14.2. The van der Waals surface area contributed by atoms with Crippen LogP contribution in [0.25, 0.3) is 0 Å². The Balaban J connectivity index is 1.29. The van der Waals surface area contributed by atoms with Crippen molar-refractivity contribution >= 4 is 11.9 Å². The molecule has 3 fully saturated rings. The van der Waals surface area contributed by atoms with Crippen molar-refractivity contribution < 1.29 is 14.3 Å². The maximum absolute atomic E-state index is 13.8. The smallest absolute Gasteiger partial charge is 0.308 e. The summed E-state index contributed by atoms with van der Waals surface area (Å²) < 4.78 is 5.55. The lowest BCUT2D eigenvalue weighted by molar-refractivity contribution is -0.136. The van der Waals surface area contributed by atoms with Gasteiger partial charge in [0.1, 0.15) is 5.75 Å². The van der Waals surface area contributed by atoms with E-state index in [4.69, 9.17) is 4.74 Å². The summed E-state index contributed by atoms with van der Waals surface area (Å²) in [6.07, 6.45) is 12.0. The van der Waals surface area contributed by atoms with Crippen molar-refractivity contribution in [2.75, 3.05) is 26.2 Å². The third-order valence-corrected chi connectivity index (χ3v) is 9.99. The summed E-state index contributed by atoms with van der Waals surface area (Å²) in [7, 11) is 0. The van der Waals surface area contributed by atoms with Crippen molar-refractivity contribution in [3.63, 3.8) is 0 Å². The molecule has 1 amide bonds. The largest absolute Gasteiger partial charge is 0.427 e. The summed E-state index contributed by atoms with van der Waals surface area (Å²) in [5.41, 5.74) is 2.68. The Morgan fingerprint density at radius 2 is 1.81 bits per heavy atom. The predicted octanol–water partition coefficient (Wildman–Crippen LogP) is 7.42. The van der Waals surface area contributed by atoms with Crippen molar-refractivity contribution in [2.24, 2.45) is 17.8 Å². The van der Waals surface area contributed by atoms with E-state index in [2.05, 4.69) is 66.1 Å². The molecule has 0 bridgehead atoms. The van der Waals surface area contributed by atoms with Crippen LogP contribution in [0, 0.1) is 17.8 Å². The van der Waals surface area contributed by atoms with E-state index in [0.29, 0.717) is 29.9 Å². The van der Waals surface area contributed by atoms with Gasteiger partial charge in [0.2, 0.25) is 5.91 Å². The number of carbonyl (C=O) groups is 2. The van der Waals surface area contributed by atoms with E-state index in [1.165, 1.54) is 37.4 Å². The summed E-state index contributed by atoms with van der Waals surface area (Å²) in [6.45, 7) is 10.3. The number of hydrogen-bond donors (Lipinski definition) is 0. The van der Waals surface area contributed by atoms with Gasteiger partial charge in [0, 0.05) is 44.4 Å². The van der Waals surface area contributed by atoms with Gasteiger partial charge in [0.15, 0.2) is 0 Å². The third kappa shape index (κ3) is 8.03. The van der Waals surface area contributed by atoms with Crippen LogP contribution in [0.15, 0.2) is 54.6 Å². The Hall–Kier alpha value is -2.66. The van der Waals surface area contributed by atoms with E-state index in [9.17, 15) is 9.59 Å². The highest BCUT2D eigenvalue weighted by molar-refractivity contribution is 5.76. The lowest BCUT2D eigenvalue weighted by Gasteiger charge is -2.55. The van der Waals surface area contributed by atoms with E-state index in [0.717, 1.165) is 76.9 Å². The first kappa shape index (κ1) is 30.8. The number of amides is 1. The topological polar surface area (TPSA) is 49.9 Å². The molecular formula is C37H52N2O3. The molecule has 0 N–H and O–H groups in total. The van der Waals surface area contributed by atoms with Crippen LogP contribution in [-0.4, -0.2) is 53.9 Å². The molecule has 2 aliphatic carbocycles. The highest BCUT2D eigenvalue weighted by Crippen LogP contribution is 2.51. The first-order valence-corrected chi connectivity index (χ1v) is 16.7. The number of likely N-dealkylation sites (tertiary alicyclic amines) is 1. The predicted molar refractivity (Wildman–Crippen MR) is 170 cm³/mol. The summed E-state index contributed by atoms with van der Waals surface area (Å²) in [4.78, 5) is 30.6. The van der Waals surface area contributed by atoms with E-state index in [-0.39, 0.29) is 17.4 Å². The van der Waals surface area contributed by atoms with Gasteiger partial charge in [-0.1, -0.05) is 62.7 Å². The standard InChI is InChI=1S/C37H52N2O3/c1-28(2)25-39(36(41)16-9-5-8-13-30-11-6-4-7-12-30)34-20-19-33-27-38(26-31-17-18-31)22-21-37(33,24-34)32-14-10-15-35(23-32)42-29(3)40/h4,6-7,10-12,14-15,23,28,31,33-34H,5,8-9,13,16-22,24-27H2,1-3H3. The molecular weight excluding hydrogens is 520 g/mol. The number of carbonyl (C=O) groups excluding carboxylic acids is 2. The fraction of sp³-hybridized carbons (Fsp3) is 0.622. The van der Waals surface area contributed by atoms with Gasteiger partial charge < -0.3 is 14.5 Å². The molecule has 3 unspecified atom stereocenters. The number of unbranched alkanes of at least 4 members (excludes halogenated alkanes) is 2. The first-order valence-electron chi connectivity index (χ1n) is 16.7. The van der Waals surface area contributed by atoms with Gasteiger partial charge >= 0.3 is 5.97 Å². The number of aryl methyl sites for hydroxylation is 1. The Bertz CT molecular complexity index is 1180. The van der Waals surface area contributed by atoms with Crippen molar-refractivity contribution in [2.45, 2.75) is 103 Å². The summed E-state index contributed by atoms with van der Waals surface area (Å²) in [5.74, 6) is 2.59. The van der Waals surface area contributed by atoms with Crippen molar-refractivity contribution in [3.8, 4) is 5.75 Å². The van der Waals surface area contributed by atoms with E-state index in [1.54, 1.807) is 0 Å². The molecule has 1 heterocycles. The third-order valence-electron chi connectivity index (χ3n) is 9.99. The Morgan fingerprint density at radius 1 is 1.00 bits per heavy atom. The zero-order valence-electron chi connectivity index (χ0n) is 26.2. The van der Waals surface area contributed by atoms with Crippen molar-refractivity contribution in [1.29, 1.82) is 0 Å². The highest BCUT2D eigenvalue weighted by Gasteiger charge is 2.50. The van der Waals surface area contributed by atoms with Gasteiger partial charge in [-0.15, -0.1) is 0 Å². The lowest BCUT2D eigenvalue weighted by atomic mass is 9.57. The molecule has 0 spiro atoms. The minimum absolute atomic E-state index is 0.00429. The molecule has 2 aromatic rings. The lowest BCUT2D eigenvalue weighted by Crippen LogP contribution is -2.57. The molecule has 1 aliphatic heterocycles. The summed E-state index contributed by atoms with van der Waals surface area (Å²) >= 11 is 0.